The Labute approximate surface area is 216 Å². The molecule has 2 aromatic carbocycles. The van der Waals surface area contributed by atoms with Gasteiger partial charge in [-0.1, -0.05) is 24.3 Å². The van der Waals surface area contributed by atoms with E-state index < -0.39 is 0 Å². The molecule has 5 aromatic rings. The van der Waals surface area contributed by atoms with E-state index in [0.717, 1.165) is 0 Å². The van der Waals surface area contributed by atoms with Crippen molar-refractivity contribution in [3.05, 3.63) is 113 Å². The predicted molar refractivity (Wildman–Crippen MR) is 153 cm³/mol. The van der Waals surface area contributed by atoms with E-state index in [1.165, 1.54) is 47.6 Å². The summed E-state index contributed by atoms with van der Waals surface area (Å²) in [5, 5.41) is 0. The maximum absolute atomic E-state index is 4.15. The van der Waals surface area contributed by atoms with Crippen molar-refractivity contribution >= 4 is 34.0 Å². The number of hydrogen-bond donors (Lipinski definition) is 0. The lowest BCUT2D eigenvalue weighted by Crippen LogP contribution is -2.10. The molecule has 0 saturated carbocycles. The third-order valence-electron chi connectivity index (χ3n) is 6.21. The maximum Gasteiger partial charge on any atom is 0.0449 e. The highest BCUT2D eigenvalue weighted by molar-refractivity contribution is 7.24. The van der Waals surface area contributed by atoms with Gasteiger partial charge in [0.15, 0.2) is 0 Å². The summed E-state index contributed by atoms with van der Waals surface area (Å²) < 4.78 is 0. The van der Waals surface area contributed by atoms with E-state index in [-0.39, 0.29) is 5.92 Å². The fourth-order valence-corrected chi connectivity index (χ4v) is 6.50. The van der Waals surface area contributed by atoms with Crippen LogP contribution < -0.4 is 9.80 Å². The number of anilines is 2. The lowest BCUT2D eigenvalue weighted by Gasteiger charge is -2.20. The quantitative estimate of drug-likeness (QED) is 0.229. The predicted octanol–water partition coefficient (Wildman–Crippen LogP) is 7.85. The molecule has 0 bridgehead atoms. The van der Waals surface area contributed by atoms with Crippen molar-refractivity contribution in [3.63, 3.8) is 0 Å². The van der Waals surface area contributed by atoms with Crippen LogP contribution in [0.4, 0.5) is 11.4 Å². The fraction of sp³-hybridized carbons (Fsp3) is 0.167. The summed E-state index contributed by atoms with van der Waals surface area (Å²) in [7, 11) is 8.33. The minimum Gasteiger partial charge on any atom is -0.378 e. The van der Waals surface area contributed by atoms with Gasteiger partial charge >= 0.3 is 0 Å². The summed E-state index contributed by atoms with van der Waals surface area (Å²) in [6.45, 7) is 0. The van der Waals surface area contributed by atoms with Crippen molar-refractivity contribution in [2.45, 2.75) is 5.92 Å². The summed E-state index contributed by atoms with van der Waals surface area (Å²) in [4.78, 5) is 13.7. The first-order chi connectivity index (χ1) is 17.0. The SMILES string of the molecule is CN(C)c1ccc(C(c2ccc(N(C)C)cc2)c2ccc(-c3ccc(-c4ccncc4)s3)s2)cc1. The molecule has 0 amide bonds. The molecule has 0 aliphatic heterocycles. The van der Waals surface area contributed by atoms with Gasteiger partial charge in [-0.05, 0) is 77.4 Å². The van der Waals surface area contributed by atoms with Crippen LogP contribution in [-0.4, -0.2) is 33.2 Å². The number of hydrogen-bond acceptors (Lipinski definition) is 5. The molecular formula is C30H29N3S2. The number of benzene rings is 2. The molecular weight excluding hydrogens is 466 g/mol. The Morgan fingerprint density at radius 2 is 1.03 bits per heavy atom. The first-order valence-corrected chi connectivity index (χ1v) is 13.3. The van der Waals surface area contributed by atoms with Crippen molar-refractivity contribution in [1.82, 2.24) is 4.98 Å². The Kier molecular flexibility index (Phi) is 6.71. The highest BCUT2D eigenvalue weighted by Gasteiger charge is 2.20. The second-order valence-electron chi connectivity index (χ2n) is 9.01. The van der Waals surface area contributed by atoms with E-state index in [0.29, 0.717) is 0 Å². The van der Waals surface area contributed by atoms with Crippen LogP contribution in [0.15, 0.2) is 97.3 Å². The standard InChI is InChI=1S/C30H29N3S2/c1-32(2)24-9-5-22(6-10-24)30(23-7-11-25(12-8-23)33(3)4)29-16-15-28(35-29)27-14-13-26(34-27)21-17-19-31-20-18-21/h5-20,30H,1-4H3. The lowest BCUT2D eigenvalue weighted by atomic mass is 9.89. The van der Waals surface area contributed by atoms with Gasteiger partial charge in [-0.15, -0.1) is 22.7 Å². The van der Waals surface area contributed by atoms with Gasteiger partial charge in [-0.2, -0.15) is 0 Å². The van der Waals surface area contributed by atoms with Crippen LogP contribution in [0.25, 0.3) is 20.2 Å². The Bertz CT molecular complexity index is 1330. The molecule has 3 nitrogen and oxygen atoms in total. The second kappa shape index (κ2) is 10.1. The number of aromatic nitrogens is 1. The molecule has 3 aromatic heterocycles. The summed E-state index contributed by atoms with van der Waals surface area (Å²) >= 11 is 3.73. The molecule has 5 heteroatoms. The molecule has 0 unspecified atom stereocenters. The molecule has 0 saturated heterocycles. The van der Waals surface area contributed by atoms with E-state index in [2.05, 4.69) is 128 Å². The van der Waals surface area contributed by atoms with Crippen molar-refractivity contribution in [1.29, 1.82) is 0 Å². The first-order valence-electron chi connectivity index (χ1n) is 11.6. The topological polar surface area (TPSA) is 19.4 Å². The molecule has 0 spiro atoms. The zero-order chi connectivity index (χ0) is 24.4. The number of pyridine rings is 1. The van der Waals surface area contributed by atoms with Crippen LogP contribution in [0.1, 0.15) is 21.9 Å². The number of rotatable bonds is 7. The van der Waals surface area contributed by atoms with Gasteiger partial charge in [0.1, 0.15) is 0 Å². The summed E-state index contributed by atoms with van der Waals surface area (Å²) in [5.74, 6) is 0.195. The normalized spacial score (nSPS) is 11.1. The molecule has 0 radical (unpaired) electrons. The largest absolute Gasteiger partial charge is 0.378 e. The molecule has 0 fully saturated rings. The average molecular weight is 496 g/mol. The lowest BCUT2D eigenvalue weighted by molar-refractivity contribution is 0.999. The van der Waals surface area contributed by atoms with Crippen molar-refractivity contribution in [2.24, 2.45) is 0 Å². The van der Waals surface area contributed by atoms with Crippen molar-refractivity contribution in [3.8, 4) is 20.2 Å². The highest BCUT2D eigenvalue weighted by atomic mass is 32.1. The summed E-state index contributed by atoms with van der Waals surface area (Å²) in [5.41, 5.74) is 6.26. The average Bonchev–Trinajstić information content (AvgIpc) is 3.56. The smallest absolute Gasteiger partial charge is 0.0449 e. The minimum absolute atomic E-state index is 0.195. The monoisotopic (exact) mass is 495 g/mol. The van der Waals surface area contributed by atoms with Crippen LogP contribution in [0, 0.1) is 0 Å². The van der Waals surface area contributed by atoms with Crippen LogP contribution in [-0.2, 0) is 0 Å². The van der Waals surface area contributed by atoms with Gasteiger partial charge in [-0.25, -0.2) is 0 Å². The zero-order valence-corrected chi connectivity index (χ0v) is 22.1. The first kappa shape index (κ1) is 23.3. The Morgan fingerprint density at radius 1 is 0.543 bits per heavy atom. The van der Waals surface area contributed by atoms with Crippen LogP contribution in [0.5, 0.6) is 0 Å². The van der Waals surface area contributed by atoms with E-state index in [9.17, 15) is 0 Å². The van der Waals surface area contributed by atoms with Gasteiger partial charge in [-0.3, -0.25) is 4.98 Å². The van der Waals surface area contributed by atoms with E-state index in [1.807, 2.05) is 35.1 Å². The number of nitrogens with zero attached hydrogens (tertiary/aromatic N) is 3. The van der Waals surface area contributed by atoms with Crippen molar-refractivity contribution in [2.75, 3.05) is 38.0 Å². The highest BCUT2D eigenvalue weighted by Crippen LogP contribution is 2.42. The molecule has 0 N–H and O–H groups in total. The Morgan fingerprint density at radius 3 is 1.57 bits per heavy atom. The van der Waals surface area contributed by atoms with Gasteiger partial charge in [0.2, 0.25) is 0 Å². The third kappa shape index (κ3) is 5.02. The van der Waals surface area contributed by atoms with Gasteiger partial charge in [0, 0.05) is 77.4 Å². The summed E-state index contributed by atoms with van der Waals surface area (Å²) in [6, 6.07) is 31.1. The minimum atomic E-state index is 0.195. The third-order valence-corrected chi connectivity index (χ3v) is 8.69. The van der Waals surface area contributed by atoms with Gasteiger partial charge < -0.3 is 9.80 Å². The van der Waals surface area contributed by atoms with Crippen molar-refractivity contribution < 1.29 is 0 Å². The molecule has 0 aliphatic carbocycles. The molecule has 5 rings (SSSR count). The Balaban J connectivity index is 1.52. The molecule has 0 atom stereocenters. The zero-order valence-electron chi connectivity index (χ0n) is 20.5. The summed E-state index contributed by atoms with van der Waals surface area (Å²) in [6.07, 6.45) is 3.71. The Hall–Kier alpha value is -3.41. The van der Waals surface area contributed by atoms with Crippen LogP contribution in [0.2, 0.25) is 0 Å². The number of thiophene rings is 2. The van der Waals surface area contributed by atoms with Crippen LogP contribution in [0.3, 0.4) is 0 Å². The van der Waals surface area contributed by atoms with E-state index in [1.54, 1.807) is 0 Å². The van der Waals surface area contributed by atoms with Gasteiger partial charge in [0.25, 0.3) is 0 Å². The fourth-order valence-electron chi connectivity index (χ4n) is 4.23. The van der Waals surface area contributed by atoms with E-state index >= 15 is 0 Å². The maximum atomic E-state index is 4.15. The molecule has 176 valence electrons. The second-order valence-corrected chi connectivity index (χ2v) is 11.2. The molecule has 35 heavy (non-hydrogen) atoms. The molecule has 3 heterocycles. The van der Waals surface area contributed by atoms with Crippen LogP contribution >= 0.6 is 22.7 Å². The molecule has 0 aliphatic rings. The van der Waals surface area contributed by atoms with Gasteiger partial charge in [0.05, 0.1) is 0 Å². The van der Waals surface area contributed by atoms with E-state index in [4.69, 9.17) is 0 Å².